The lowest BCUT2D eigenvalue weighted by molar-refractivity contribution is 0.661. The molecule has 0 atom stereocenters. The van der Waals surface area contributed by atoms with Gasteiger partial charge >= 0.3 is 0 Å². The number of benzene rings is 9. The van der Waals surface area contributed by atoms with Crippen molar-refractivity contribution in [1.29, 1.82) is 0 Å². The minimum absolute atomic E-state index is 0.0852. The molecule has 9 aromatic carbocycles. The average Bonchev–Trinajstić information content (AvgIpc) is 3.92. The van der Waals surface area contributed by atoms with Crippen LogP contribution in [0.5, 0.6) is 0 Å². The lowest BCUT2D eigenvalue weighted by Gasteiger charge is -2.22. The number of aromatic nitrogens is 3. The monoisotopic (exact) mass is 777 g/mol. The average molecular weight is 778 g/mol. The maximum absolute atomic E-state index is 5.40. The summed E-state index contributed by atoms with van der Waals surface area (Å²) in [5.41, 5.74) is 17.8. The van der Waals surface area contributed by atoms with Crippen molar-refractivity contribution < 1.29 is 0 Å². The van der Waals surface area contributed by atoms with Crippen molar-refractivity contribution >= 4 is 65.3 Å². The Morgan fingerprint density at radius 1 is 0.377 bits per heavy atom. The van der Waals surface area contributed by atoms with Crippen LogP contribution in [0, 0.1) is 0 Å². The zero-order valence-electron chi connectivity index (χ0n) is 33.9. The number of rotatable bonds is 4. The molecule has 0 saturated heterocycles. The van der Waals surface area contributed by atoms with E-state index in [0.29, 0.717) is 0 Å². The minimum Gasteiger partial charge on any atom is -0.309 e. The fraction of sp³-hybridized carbons (Fsp3) is 0.0517. The Morgan fingerprint density at radius 2 is 0.852 bits per heavy atom. The predicted octanol–water partition coefficient (Wildman–Crippen LogP) is 15.2. The summed E-state index contributed by atoms with van der Waals surface area (Å²) in [5.74, 6) is 0. The van der Waals surface area contributed by atoms with Crippen LogP contribution < -0.4 is 0 Å². The highest BCUT2D eigenvalue weighted by Crippen LogP contribution is 2.53. The molecule has 0 N–H and O–H groups in total. The van der Waals surface area contributed by atoms with Gasteiger partial charge in [-0.05, 0) is 81.9 Å². The van der Waals surface area contributed by atoms with E-state index in [9.17, 15) is 0 Å². The molecule has 61 heavy (non-hydrogen) atoms. The molecular weight excluding hydrogens is 739 g/mol. The highest BCUT2D eigenvalue weighted by molar-refractivity contribution is 6.19. The molecule has 0 radical (unpaired) electrons. The van der Waals surface area contributed by atoms with Gasteiger partial charge in [0.2, 0.25) is 0 Å². The quantitative estimate of drug-likeness (QED) is 0.163. The van der Waals surface area contributed by atoms with Crippen LogP contribution in [0.3, 0.4) is 0 Å². The van der Waals surface area contributed by atoms with Gasteiger partial charge in [0.1, 0.15) is 0 Å². The van der Waals surface area contributed by atoms with Crippen molar-refractivity contribution in [2.75, 3.05) is 0 Å². The molecule has 0 amide bonds. The summed E-state index contributed by atoms with van der Waals surface area (Å²) in [5, 5.41) is 8.66. The van der Waals surface area contributed by atoms with E-state index in [2.05, 4.69) is 223 Å². The minimum atomic E-state index is -0.0852. The summed E-state index contributed by atoms with van der Waals surface area (Å²) in [6, 6.07) is 73.5. The van der Waals surface area contributed by atoms with Gasteiger partial charge in [-0.25, -0.2) is 4.98 Å². The van der Waals surface area contributed by atoms with Crippen molar-refractivity contribution in [3.05, 3.63) is 211 Å². The largest absolute Gasteiger partial charge is 0.309 e. The smallest absolute Gasteiger partial charge is 0.0788 e. The van der Waals surface area contributed by atoms with Gasteiger partial charge in [-0.2, -0.15) is 0 Å². The molecule has 3 heterocycles. The van der Waals surface area contributed by atoms with Gasteiger partial charge < -0.3 is 9.13 Å². The fourth-order valence-corrected chi connectivity index (χ4v) is 10.7. The van der Waals surface area contributed by atoms with E-state index in [1.165, 1.54) is 82.0 Å². The second-order valence-corrected chi connectivity index (χ2v) is 17.1. The van der Waals surface area contributed by atoms with Gasteiger partial charge in [-0.1, -0.05) is 166 Å². The van der Waals surface area contributed by atoms with Gasteiger partial charge in [-0.15, -0.1) is 0 Å². The zero-order valence-corrected chi connectivity index (χ0v) is 33.9. The first-order chi connectivity index (χ1) is 30.0. The van der Waals surface area contributed by atoms with E-state index in [4.69, 9.17) is 4.98 Å². The topological polar surface area (TPSA) is 22.8 Å². The summed E-state index contributed by atoms with van der Waals surface area (Å²) in [6.45, 7) is 4.71. The Labute approximate surface area is 353 Å². The number of hydrogen-bond donors (Lipinski definition) is 0. The molecule has 0 fully saturated rings. The highest BCUT2D eigenvalue weighted by Gasteiger charge is 2.37. The summed E-state index contributed by atoms with van der Waals surface area (Å²) in [7, 11) is 0. The van der Waals surface area contributed by atoms with Gasteiger partial charge in [0, 0.05) is 60.1 Å². The molecule has 3 aromatic heterocycles. The molecule has 1 aliphatic carbocycles. The van der Waals surface area contributed by atoms with Crippen LogP contribution in [0.15, 0.2) is 200 Å². The van der Waals surface area contributed by atoms with E-state index in [1.807, 2.05) is 0 Å². The van der Waals surface area contributed by atoms with Crippen LogP contribution in [0.2, 0.25) is 0 Å². The Hall–Kier alpha value is -7.75. The predicted molar refractivity (Wildman–Crippen MR) is 256 cm³/mol. The first kappa shape index (κ1) is 34.1. The first-order valence-electron chi connectivity index (χ1n) is 21.2. The van der Waals surface area contributed by atoms with Crippen LogP contribution >= 0.6 is 0 Å². The maximum atomic E-state index is 5.40. The van der Waals surface area contributed by atoms with Crippen molar-refractivity contribution in [1.82, 2.24) is 14.1 Å². The summed E-state index contributed by atoms with van der Waals surface area (Å²) in [4.78, 5) is 5.40. The van der Waals surface area contributed by atoms with E-state index >= 15 is 0 Å². The molecule has 286 valence electrons. The molecule has 1 aliphatic rings. The Morgan fingerprint density at radius 3 is 1.43 bits per heavy atom. The molecule has 0 spiro atoms. The third kappa shape index (κ3) is 4.83. The van der Waals surface area contributed by atoms with E-state index < -0.39 is 0 Å². The van der Waals surface area contributed by atoms with Gasteiger partial charge in [0.25, 0.3) is 0 Å². The van der Waals surface area contributed by atoms with Crippen molar-refractivity contribution in [3.8, 4) is 44.9 Å². The lowest BCUT2D eigenvalue weighted by atomic mass is 9.82. The summed E-state index contributed by atoms with van der Waals surface area (Å²) >= 11 is 0. The second kappa shape index (κ2) is 12.6. The van der Waals surface area contributed by atoms with Gasteiger partial charge in [-0.3, -0.25) is 0 Å². The molecule has 13 rings (SSSR count). The van der Waals surface area contributed by atoms with Crippen LogP contribution in [-0.2, 0) is 5.41 Å². The third-order valence-electron chi connectivity index (χ3n) is 13.5. The molecule has 0 saturated carbocycles. The molecule has 0 aliphatic heterocycles. The number of fused-ring (bicyclic) bond motifs is 13. The lowest BCUT2D eigenvalue weighted by Crippen LogP contribution is -2.14. The van der Waals surface area contributed by atoms with Crippen molar-refractivity contribution in [2.45, 2.75) is 19.3 Å². The SMILES string of the molecule is CC1(C)c2ccccc2-c2c1ccc1c(-c3ccc(-c4cc(-n5c6ccccc6c6ccccc65)cc(-n5c6ccccc6c6ccccc65)c4)cc3)nc3ccccc3c21. The second-order valence-electron chi connectivity index (χ2n) is 17.1. The van der Waals surface area contributed by atoms with Crippen LogP contribution in [-0.4, -0.2) is 14.1 Å². The number of nitrogens with zero attached hydrogens (tertiary/aromatic N) is 3. The normalized spacial score (nSPS) is 13.2. The van der Waals surface area contributed by atoms with Gasteiger partial charge in [0.15, 0.2) is 0 Å². The highest BCUT2D eigenvalue weighted by atomic mass is 15.0. The Kier molecular flexibility index (Phi) is 7.07. The van der Waals surface area contributed by atoms with E-state index in [-0.39, 0.29) is 5.41 Å². The summed E-state index contributed by atoms with van der Waals surface area (Å²) < 4.78 is 4.87. The van der Waals surface area contributed by atoms with Crippen LogP contribution in [0.25, 0.3) is 110 Å². The van der Waals surface area contributed by atoms with Gasteiger partial charge in [0.05, 0.1) is 33.3 Å². The maximum Gasteiger partial charge on any atom is 0.0788 e. The zero-order chi connectivity index (χ0) is 40.4. The Balaban J connectivity index is 1.04. The molecular formula is C58H39N3. The van der Waals surface area contributed by atoms with Crippen molar-refractivity contribution in [3.63, 3.8) is 0 Å². The first-order valence-corrected chi connectivity index (χ1v) is 21.2. The van der Waals surface area contributed by atoms with Crippen LogP contribution in [0.4, 0.5) is 0 Å². The third-order valence-corrected chi connectivity index (χ3v) is 13.5. The summed E-state index contributed by atoms with van der Waals surface area (Å²) in [6.07, 6.45) is 0. The molecule has 3 nitrogen and oxygen atoms in total. The van der Waals surface area contributed by atoms with E-state index in [0.717, 1.165) is 39.3 Å². The molecule has 0 bridgehead atoms. The Bertz CT molecular complexity index is 3550. The number of para-hydroxylation sites is 5. The van der Waals surface area contributed by atoms with Crippen LogP contribution in [0.1, 0.15) is 25.0 Å². The molecule has 0 unspecified atom stereocenters. The molecule has 3 heteroatoms. The number of pyridine rings is 1. The number of hydrogen-bond acceptors (Lipinski definition) is 1. The molecule has 12 aromatic rings. The van der Waals surface area contributed by atoms with Crippen molar-refractivity contribution in [2.24, 2.45) is 0 Å². The van der Waals surface area contributed by atoms with E-state index in [1.54, 1.807) is 0 Å². The standard InChI is InChI=1S/C58H39N3/c1-58(2)48-21-9-3-19-45(48)56-49(58)32-31-47-55(56)46-20-4-10-22-50(46)59-57(47)37-29-27-36(28-30-37)38-33-39(60-51-23-11-5-15-41(51)42-16-6-12-24-52(42)60)35-40(34-38)61-53-25-13-7-17-43(53)44-18-8-14-26-54(44)61/h3-35H,1-2H3. The fourth-order valence-electron chi connectivity index (χ4n) is 10.7.